The second-order valence-electron chi connectivity index (χ2n) is 6.18. The lowest BCUT2D eigenvalue weighted by atomic mass is 9.98. The normalized spacial score (nSPS) is 11.5. The molecule has 0 fully saturated rings. The number of aryl methyl sites for hydroxylation is 1. The molecule has 1 atom stereocenters. The van der Waals surface area contributed by atoms with Crippen LogP contribution in [0.4, 0.5) is 0 Å². The summed E-state index contributed by atoms with van der Waals surface area (Å²) in [4.78, 5) is 11.6. The predicted molar refractivity (Wildman–Crippen MR) is 103 cm³/mol. The fourth-order valence-corrected chi connectivity index (χ4v) is 2.34. The summed E-state index contributed by atoms with van der Waals surface area (Å²) >= 11 is 0. The molecule has 0 saturated heterocycles. The zero-order valence-electron chi connectivity index (χ0n) is 15.4. The summed E-state index contributed by atoms with van der Waals surface area (Å²) in [6.45, 7) is 12.6. The van der Waals surface area contributed by atoms with E-state index < -0.39 is 12.3 Å². The van der Waals surface area contributed by atoms with Crippen molar-refractivity contribution in [2.24, 2.45) is 0 Å². The Morgan fingerprint density at radius 3 is 2.23 bits per heavy atom. The minimum absolute atomic E-state index is 0.356. The quantitative estimate of drug-likeness (QED) is 0.259. The number of ether oxygens (including phenoxy) is 2. The van der Waals surface area contributed by atoms with Gasteiger partial charge in [0.1, 0.15) is 11.5 Å². The van der Waals surface area contributed by atoms with Crippen LogP contribution in [-0.2, 0) is 11.2 Å². The van der Waals surface area contributed by atoms with Crippen molar-refractivity contribution >= 4 is 5.97 Å². The van der Waals surface area contributed by atoms with Crippen molar-refractivity contribution in [2.75, 3.05) is 0 Å². The topological polar surface area (TPSA) is 55.8 Å². The van der Waals surface area contributed by atoms with E-state index in [4.69, 9.17) is 9.47 Å². The van der Waals surface area contributed by atoms with Gasteiger partial charge < -0.3 is 14.6 Å². The van der Waals surface area contributed by atoms with E-state index in [1.54, 1.807) is 26.0 Å². The number of benzene rings is 2. The van der Waals surface area contributed by atoms with Gasteiger partial charge in [0.2, 0.25) is 6.29 Å². The molecule has 0 aliphatic rings. The summed E-state index contributed by atoms with van der Waals surface area (Å²) in [5.74, 6) is 0.627. The van der Waals surface area contributed by atoms with Crippen molar-refractivity contribution < 1.29 is 19.4 Å². The first kappa shape index (κ1) is 19.5. The Morgan fingerprint density at radius 2 is 1.69 bits per heavy atom. The maximum atomic E-state index is 11.6. The van der Waals surface area contributed by atoms with Gasteiger partial charge in [-0.15, -0.1) is 0 Å². The summed E-state index contributed by atoms with van der Waals surface area (Å²) in [5.41, 5.74) is 4.05. The number of hydrogen-bond donors (Lipinski definition) is 1. The Balaban J connectivity index is 2.23. The van der Waals surface area contributed by atoms with Gasteiger partial charge >= 0.3 is 5.97 Å². The van der Waals surface area contributed by atoms with Gasteiger partial charge in [-0.1, -0.05) is 38.3 Å². The molecule has 0 heterocycles. The molecule has 26 heavy (non-hydrogen) atoms. The highest BCUT2D eigenvalue weighted by Gasteiger charge is 2.11. The number of aliphatic hydroxyl groups excluding tert-OH is 1. The predicted octanol–water partition coefficient (Wildman–Crippen LogP) is 4.67. The third-order valence-corrected chi connectivity index (χ3v) is 3.85. The van der Waals surface area contributed by atoms with Crippen LogP contribution >= 0.6 is 0 Å². The second-order valence-corrected chi connectivity index (χ2v) is 6.18. The molecule has 1 unspecified atom stereocenters. The SMILES string of the molecule is C=C(C)C(=O)Oc1ccc(-c2ccc(OC(O)C(=C)C)cc2CC)cc1. The van der Waals surface area contributed by atoms with Crippen molar-refractivity contribution in [1.82, 2.24) is 0 Å². The van der Waals surface area contributed by atoms with Gasteiger partial charge in [0.15, 0.2) is 0 Å². The van der Waals surface area contributed by atoms with E-state index in [1.807, 2.05) is 30.3 Å². The monoisotopic (exact) mass is 352 g/mol. The van der Waals surface area contributed by atoms with E-state index in [1.165, 1.54) is 0 Å². The Labute approximate surface area is 154 Å². The third-order valence-electron chi connectivity index (χ3n) is 3.85. The highest BCUT2D eigenvalue weighted by molar-refractivity contribution is 5.88. The van der Waals surface area contributed by atoms with Gasteiger partial charge in [-0.2, -0.15) is 0 Å². The van der Waals surface area contributed by atoms with E-state index in [0.29, 0.717) is 22.6 Å². The zero-order chi connectivity index (χ0) is 19.3. The van der Waals surface area contributed by atoms with Crippen LogP contribution in [0.3, 0.4) is 0 Å². The van der Waals surface area contributed by atoms with Gasteiger partial charge in [-0.05, 0) is 66.8 Å². The summed E-state index contributed by atoms with van der Waals surface area (Å²) in [6, 6.07) is 13.0. The number of aliphatic hydroxyl groups is 1. The van der Waals surface area contributed by atoms with E-state index in [9.17, 15) is 9.90 Å². The second kappa shape index (κ2) is 8.50. The smallest absolute Gasteiger partial charge is 0.338 e. The third kappa shape index (κ3) is 4.83. The van der Waals surface area contributed by atoms with Gasteiger partial charge in [-0.3, -0.25) is 0 Å². The van der Waals surface area contributed by atoms with Gasteiger partial charge in [0.05, 0.1) is 0 Å². The lowest BCUT2D eigenvalue weighted by Gasteiger charge is -2.16. The highest BCUT2D eigenvalue weighted by atomic mass is 16.6. The largest absolute Gasteiger partial charge is 0.461 e. The van der Waals surface area contributed by atoms with Crippen molar-refractivity contribution in [3.05, 3.63) is 72.3 Å². The maximum absolute atomic E-state index is 11.6. The molecule has 0 radical (unpaired) electrons. The van der Waals surface area contributed by atoms with Crippen LogP contribution < -0.4 is 9.47 Å². The molecule has 4 heteroatoms. The van der Waals surface area contributed by atoms with Crippen LogP contribution in [0.2, 0.25) is 0 Å². The molecule has 0 saturated carbocycles. The number of rotatable bonds is 7. The Kier molecular flexibility index (Phi) is 6.36. The first-order valence-electron chi connectivity index (χ1n) is 8.43. The Hall–Kier alpha value is -2.85. The molecule has 0 spiro atoms. The molecule has 0 aliphatic heterocycles. The van der Waals surface area contributed by atoms with E-state index in [-0.39, 0.29) is 0 Å². The average Bonchev–Trinajstić information content (AvgIpc) is 2.62. The molecule has 0 amide bonds. The number of esters is 1. The molecule has 136 valence electrons. The fourth-order valence-electron chi connectivity index (χ4n) is 2.34. The van der Waals surface area contributed by atoms with Gasteiger partial charge in [-0.25, -0.2) is 4.79 Å². The summed E-state index contributed by atoms with van der Waals surface area (Å²) in [7, 11) is 0. The minimum atomic E-state index is -1.02. The number of carbonyl (C=O) groups excluding carboxylic acids is 1. The van der Waals surface area contributed by atoms with Crippen LogP contribution in [0, 0.1) is 0 Å². The molecule has 0 aliphatic carbocycles. The summed E-state index contributed by atoms with van der Waals surface area (Å²) in [5, 5.41) is 9.80. The van der Waals surface area contributed by atoms with Crippen molar-refractivity contribution in [3.8, 4) is 22.6 Å². The van der Waals surface area contributed by atoms with Crippen LogP contribution in [-0.4, -0.2) is 17.4 Å². The molecule has 0 bridgehead atoms. The minimum Gasteiger partial charge on any atom is -0.461 e. The molecule has 4 nitrogen and oxygen atoms in total. The van der Waals surface area contributed by atoms with Gasteiger partial charge in [0.25, 0.3) is 0 Å². The van der Waals surface area contributed by atoms with Crippen LogP contribution in [0.5, 0.6) is 11.5 Å². The van der Waals surface area contributed by atoms with Crippen LogP contribution in [0.15, 0.2) is 66.8 Å². The fraction of sp³-hybridized carbons (Fsp3) is 0.227. The van der Waals surface area contributed by atoms with Crippen LogP contribution in [0.25, 0.3) is 11.1 Å². The van der Waals surface area contributed by atoms with E-state index in [2.05, 4.69) is 20.1 Å². The van der Waals surface area contributed by atoms with Crippen molar-refractivity contribution in [1.29, 1.82) is 0 Å². The lowest BCUT2D eigenvalue weighted by molar-refractivity contribution is -0.130. The van der Waals surface area contributed by atoms with Crippen molar-refractivity contribution in [2.45, 2.75) is 33.5 Å². The molecular weight excluding hydrogens is 328 g/mol. The number of carbonyl (C=O) groups is 1. The molecule has 0 aromatic heterocycles. The number of hydrogen-bond acceptors (Lipinski definition) is 4. The van der Waals surface area contributed by atoms with Gasteiger partial charge in [0, 0.05) is 5.57 Å². The van der Waals surface area contributed by atoms with E-state index >= 15 is 0 Å². The average molecular weight is 352 g/mol. The van der Waals surface area contributed by atoms with E-state index in [0.717, 1.165) is 23.1 Å². The molecule has 1 N–H and O–H groups in total. The molecule has 2 aromatic rings. The first-order valence-corrected chi connectivity index (χ1v) is 8.43. The Morgan fingerprint density at radius 1 is 1.08 bits per heavy atom. The zero-order valence-corrected chi connectivity index (χ0v) is 15.4. The molecule has 2 aromatic carbocycles. The molecule has 2 rings (SSSR count). The summed E-state index contributed by atoms with van der Waals surface area (Å²) in [6.07, 6.45) is -0.213. The maximum Gasteiger partial charge on any atom is 0.338 e. The standard InChI is InChI=1S/C22H24O4/c1-6-16-13-19(26-22(24)15(4)5)11-12-20(16)17-7-9-18(10-8-17)25-21(23)14(2)3/h7-13,22,24H,2,4,6H2,1,3,5H3. The summed E-state index contributed by atoms with van der Waals surface area (Å²) < 4.78 is 10.7. The van der Waals surface area contributed by atoms with Crippen LogP contribution in [0.1, 0.15) is 26.3 Å². The first-order chi connectivity index (χ1) is 12.3. The lowest BCUT2D eigenvalue weighted by Crippen LogP contribution is -2.16. The highest BCUT2D eigenvalue weighted by Crippen LogP contribution is 2.30. The Bertz CT molecular complexity index is 819. The van der Waals surface area contributed by atoms with Crippen molar-refractivity contribution in [3.63, 3.8) is 0 Å². The molecular formula is C22H24O4.